The summed E-state index contributed by atoms with van der Waals surface area (Å²) in [6, 6.07) is 5.63. The predicted molar refractivity (Wildman–Crippen MR) is 87.6 cm³/mol. The summed E-state index contributed by atoms with van der Waals surface area (Å²) < 4.78 is 13.3. The highest BCUT2D eigenvalue weighted by atomic mass is 79.9. The molecule has 0 saturated carbocycles. The Morgan fingerprint density at radius 1 is 1.20 bits per heavy atom. The van der Waals surface area contributed by atoms with E-state index >= 15 is 0 Å². The van der Waals surface area contributed by atoms with E-state index in [1.807, 2.05) is 24.4 Å². The lowest BCUT2D eigenvalue weighted by Gasteiger charge is -2.14. The van der Waals surface area contributed by atoms with Crippen LogP contribution in [0.5, 0.6) is 11.5 Å². The van der Waals surface area contributed by atoms with Crippen molar-refractivity contribution in [3.63, 3.8) is 0 Å². The Labute approximate surface area is 138 Å². The quantitative estimate of drug-likeness (QED) is 0.731. The fourth-order valence-electron chi connectivity index (χ4n) is 1.68. The largest absolute Gasteiger partial charge is 0.490 e. The topological polar surface area (TPSA) is 38.7 Å². The summed E-state index contributed by atoms with van der Waals surface area (Å²) in [4.78, 5) is 1.12. The summed E-state index contributed by atoms with van der Waals surface area (Å²) in [5.74, 6) is 1.29. The van der Waals surface area contributed by atoms with Gasteiger partial charge < -0.3 is 14.6 Å². The van der Waals surface area contributed by atoms with Gasteiger partial charge in [-0.15, -0.1) is 11.3 Å². The van der Waals surface area contributed by atoms with E-state index in [2.05, 4.69) is 31.9 Å². The number of halogens is 2. The zero-order chi connectivity index (χ0) is 14.5. The molecule has 0 aliphatic carbocycles. The molecule has 2 rings (SSSR count). The molecule has 108 valence electrons. The van der Waals surface area contributed by atoms with E-state index in [1.54, 1.807) is 17.4 Å². The molecule has 0 atom stereocenters. The lowest BCUT2D eigenvalue weighted by Crippen LogP contribution is -2.01. The van der Waals surface area contributed by atoms with E-state index in [0.29, 0.717) is 24.7 Å². The van der Waals surface area contributed by atoms with E-state index in [4.69, 9.17) is 9.47 Å². The van der Waals surface area contributed by atoms with Crippen molar-refractivity contribution in [2.45, 2.75) is 20.1 Å². The van der Waals surface area contributed by atoms with Crippen LogP contribution in [0.25, 0.3) is 0 Å². The van der Waals surface area contributed by atoms with Crippen molar-refractivity contribution in [2.75, 3.05) is 6.61 Å². The molecule has 0 aliphatic heterocycles. The number of ether oxygens (including phenoxy) is 2. The monoisotopic (exact) mass is 420 g/mol. The molecule has 0 spiro atoms. The SMILES string of the molecule is CCOc1cc(CO)cc(Br)c1OCc1sccc1Br. The number of hydrogen-bond donors (Lipinski definition) is 1. The Hall–Kier alpha value is -0.560. The van der Waals surface area contributed by atoms with E-state index in [-0.39, 0.29) is 6.61 Å². The number of rotatable bonds is 6. The number of thiophene rings is 1. The summed E-state index contributed by atoms with van der Waals surface area (Å²) in [6.45, 7) is 2.89. The van der Waals surface area contributed by atoms with Crippen LogP contribution in [0.3, 0.4) is 0 Å². The van der Waals surface area contributed by atoms with Crippen LogP contribution >= 0.6 is 43.2 Å². The van der Waals surface area contributed by atoms with Crippen LogP contribution in [-0.2, 0) is 13.2 Å². The molecule has 1 heterocycles. The van der Waals surface area contributed by atoms with Gasteiger partial charge in [0.05, 0.1) is 22.6 Å². The van der Waals surface area contributed by atoms with Crippen LogP contribution in [0.15, 0.2) is 32.5 Å². The van der Waals surface area contributed by atoms with Gasteiger partial charge in [0.25, 0.3) is 0 Å². The molecule has 20 heavy (non-hydrogen) atoms. The fraction of sp³-hybridized carbons (Fsp3) is 0.286. The summed E-state index contributed by atoms with van der Waals surface area (Å²) in [6.07, 6.45) is 0. The predicted octanol–water partition coefficient (Wildman–Crippen LogP) is 4.74. The van der Waals surface area contributed by atoms with Crippen LogP contribution < -0.4 is 9.47 Å². The lowest BCUT2D eigenvalue weighted by molar-refractivity contribution is 0.263. The fourth-order valence-corrected chi connectivity index (χ4v) is 3.66. The molecule has 0 unspecified atom stereocenters. The van der Waals surface area contributed by atoms with Gasteiger partial charge in [0.2, 0.25) is 0 Å². The van der Waals surface area contributed by atoms with Gasteiger partial charge in [-0.1, -0.05) is 0 Å². The van der Waals surface area contributed by atoms with E-state index < -0.39 is 0 Å². The molecular weight excluding hydrogens is 408 g/mol. The molecule has 0 radical (unpaired) electrons. The molecule has 6 heteroatoms. The molecule has 3 nitrogen and oxygen atoms in total. The summed E-state index contributed by atoms with van der Waals surface area (Å²) in [7, 11) is 0. The van der Waals surface area contributed by atoms with Crippen molar-refractivity contribution < 1.29 is 14.6 Å². The molecule has 1 aromatic heterocycles. The van der Waals surface area contributed by atoms with Gasteiger partial charge >= 0.3 is 0 Å². The third-order valence-corrected chi connectivity index (χ3v) is 5.08. The third kappa shape index (κ3) is 3.75. The smallest absolute Gasteiger partial charge is 0.175 e. The Morgan fingerprint density at radius 3 is 2.60 bits per heavy atom. The molecular formula is C14H14Br2O3S. The lowest BCUT2D eigenvalue weighted by atomic mass is 10.2. The van der Waals surface area contributed by atoms with Crippen LogP contribution in [0.4, 0.5) is 0 Å². The minimum Gasteiger partial charge on any atom is -0.490 e. The average molecular weight is 422 g/mol. The maximum atomic E-state index is 9.24. The Morgan fingerprint density at radius 2 is 2.00 bits per heavy atom. The standard InChI is InChI=1S/C14H14Br2O3S/c1-2-18-12-6-9(7-17)5-11(16)14(12)19-8-13-10(15)3-4-20-13/h3-6,17H,2,7-8H2,1H3. The van der Waals surface area contributed by atoms with Gasteiger partial charge in [0.1, 0.15) is 6.61 Å². The first kappa shape index (κ1) is 15.8. The van der Waals surface area contributed by atoms with Crippen molar-refractivity contribution in [1.82, 2.24) is 0 Å². The van der Waals surface area contributed by atoms with Crippen LogP contribution in [0, 0.1) is 0 Å². The van der Waals surface area contributed by atoms with Gasteiger partial charge in [-0.05, 0) is 67.9 Å². The Bertz CT molecular complexity index is 584. The highest BCUT2D eigenvalue weighted by molar-refractivity contribution is 9.10. The number of aliphatic hydroxyl groups excluding tert-OH is 1. The highest BCUT2D eigenvalue weighted by Gasteiger charge is 2.13. The minimum atomic E-state index is -0.0323. The van der Waals surface area contributed by atoms with Gasteiger partial charge in [-0.3, -0.25) is 0 Å². The summed E-state index contributed by atoms with van der Waals surface area (Å²) in [5, 5.41) is 11.3. The zero-order valence-electron chi connectivity index (χ0n) is 10.9. The summed E-state index contributed by atoms with van der Waals surface area (Å²) >= 11 is 8.59. The first-order valence-corrected chi connectivity index (χ1v) is 8.53. The van der Waals surface area contributed by atoms with E-state index in [9.17, 15) is 5.11 Å². The number of aliphatic hydroxyl groups is 1. The molecule has 0 saturated heterocycles. The van der Waals surface area contributed by atoms with Crippen LogP contribution in [-0.4, -0.2) is 11.7 Å². The molecule has 0 aliphatic rings. The molecule has 1 aromatic carbocycles. The highest BCUT2D eigenvalue weighted by Crippen LogP contribution is 2.38. The zero-order valence-corrected chi connectivity index (χ0v) is 14.8. The molecule has 0 amide bonds. The maximum Gasteiger partial charge on any atom is 0.175 e. The molecule has 1 N–H and O–H groups in total. The second-order valence-corrected chi connectivity index (χ2v) is 6.69. The molecule has 0 fully saturated rings. The normalized spacial score (nSPS) is 10.6. The Balaban J connectivity index is 2.23. The number of benzene rings is 1. The van der Waals surface area contributed by atoms with Gasteiger partial charge in [0, 0.05) is 4.47 Å². The van der Waals surface area contributed by atoms with E-state index in [0.717, 1.165) is 19.4 Å². The van der Waals surface area contributed by atoms with Gasteiger partial charge in [0.15, 0.2) is 11.5 Å². The van der Waals surface area contributed by atoms with Gasteiger partial charge in [-0.25, -0.2) is 0 Å². The first-order valence-electron chi connectivity index (χ1n) is 6.06. The van der Waals surface area contributed by atoms with Crippen molar-refractivity contribution in [3.05, 3.63) is 43.0 Å². The second-order valence-electron chi connectivity index (χ2n) is 3.98. The third-order valence-electron chi connectivity index (χ3n) is 2.59. The number of hydrogen-bond acceptors (Lipinski definition) is 4. The van der Waals surface area contributed by atoms with Crippen LogP contribution in [0.1, 0.15) is 17.4 Å². The van der Waals surface area contributed by atoms with Crippen molar-refractivity contribution >= 4 is 43.2 Å². The molecule has 2 aromatic rings. The average Bonchev–Trinajstić information content (AvgIpc) is 2.83. The van der Waals surface area contributed by atoms with Crippen molar-refractivity contribution in [3.8, 4) is 11.5 Å². The van der Waals surface area contributed by atoms with Crippen LogP contribution in [0.2, 0.25) is 0 Å². The second kappa shape index (κ2) is 7.45. The van der Waals surface area contributed by atoms with Gasteiger partial charge in [-0.2, -0.15) is 0 Å². The van der Waals surface area contributed by atoms with Crippen molar-refractivity contribution in [2.24, 2.45) is 0 Å². The first-order chi connectivity index (χ1) is 9.65. The Kier molecular flexibility index (Phi) is 5.89. The summed E-state index contributed by atoms with van der Waals surface area (Å²) in [5.41, 5.74) is 0.782. The van der Waals surface area contributed by atoms with Crippen molar-refractivity contribution in [1.29, 1.82) is 0 Å². The van der Waals surface area contributed by atoms with E-state index in [1.165, 1.54) is 0 Å². The maximum absolute atomic E-state index is 9.24. The molecule has 0 bridgehead atoms. The minimum absolute atomic E-state index is 0.0323.